The minimum Gasteiger partial charge on any atom is -0.465 e. The third-order valence-corrected chi connectivity index (χ3v) is 2.93. The first-order valence-electron chi connectivity index (χ1n) is 5.52. The molecule has 0 bridgehead atoms. The number of rotatable bonds is 7. The predicted octanol–water partition coefficient (Wildman–Crippen LogP) is 1.44. The molecule has 1 unspecified atom stereocenters. The first-order valence-corrected chi connectivity index (χ1v) is 6.57. The van der Waals surface area contributed by atoms with E-state index in [1.165, 1.54) is 11.8 Å². The molecule has 0 aromatic heterocycles. The van der Waals surface area contributed by atoms with Crippen LogP contribution in [0.4, 0.5) is 0 Å². The second kappa shape index (κ2) is 8.44. The minimum absolute atomic E-state index is 0.0250. The van der Waals surface area contributed by atoms with Crippen molar-refractivity contribution >= 4 is 23.6 Å². The topological polar surface area (TPSA) is 55.4 Å². The molecule has 94 valence electrons. The Bertz CT molecular complexity index is 231. The summed E-state index contributed by atoms with van der Waals surface area (Å²) in [5, 5.41) is 2.61. The molecule has 0 fully saturated rings. The molecule has 0 heterocycles. The van der Waals surface area contributed by atoms with Crippen molar-refractivity contribution in [1.29, 1.82) is 0 Å². The van der Waals surface area contributed by atoms with E-state index in [-0.39, 0.29) is 22.9 Å². The Morgan fingerprint density at radius 1 is 1.31 bits per heavy atom. The van der Waals surface area contributed by atoms with Crippen LogP contribution in [0.1, 0.15) is 27.7 Å². The first kappa shape index (κ1) is 15.3. The molecule has 16 heavy (non-hydrogen) atoms. The van der Waals surface area contributed by atoms with Gasteiger partial charge in [0.25, 0.3) is 0 Å². The highest BCUT2D eigenvalue weighted by molar-refractivity contribution is 8.01. The van der Waals surface area contributed by atoms with Gasteiger partial charge in [-0.25, -0.2) is 0 Å². The zero-order chi connectivity index (χ0) is 12.6. The van der Waals surface area contributed by atoms with Crippen molar-refractivity contribution in [3.63, 3.8) is 0 Å². The van der Waals surface area contributed by atoms with Gasteiger partial charge >= 0.3 is 5.97 Å². The number of esters is 1. The summed E-state index contributed by atoms with van der Waals surface area (Å²) in [6.45, 7) is 8.69. The Morgan fingerprint density at radius 2 is 1.94 bits per heavy atom. The molecule has 0 radical (unpaired) electrons. The molecular formula is C11H21NO3S. The summed E-state index contributed by atoms with van der Waals surface area (Å²) in [7, 11) is 0. The molecule has 0 spiro atoms. The zero-order valence-electron chi connectivity index (χ0n) is 10.4. The minimum atomic E-state index is -0.268. The van der Waals surface area contributed by atoms with E-state index in [9.17, 15) is 9.59 Å². The molecule has 0 aliphatic carbocycles. The van der Waals surface area contributed by atoms with Crippen LogP contribution in [0.25, 0.3) is 0 Å². The fourth-order valence-electron chi connectivity index (χ4n) is 0.920. The van der Waals surface area contributed by atoms with E-state index in [1.807, 2.05) is 13.8 Å². The van der Waals surface area contributed by atoms with Gasteiger partial charge in [0.15, 0.2) is 0 Å². The number of carbonyl (C=O) groups is 2. The van der Waals surface area contributed by atoms with Crippen molar-refractivity contribution in [3.8, 4) is 0 Å². The highest BCUT2D eigenvalue weighted by Gasteiger charge is 2.15. The van der Waals surface area contributed by atoms with Crippen LogP contribution >= 0.6 is 11.8 Å². The van der Waals surface area contributed by atoms with E-state index >= 15 is 0 Å². The van der Waals surface area contributed by atoms with Gasteiger partial charge < -0.3 is 10.1 Å². The van der Waals surface area contributed by atoms with Crippen molar-refractivity contribution in [2.24, 2.45) is 5.92 Å². The Morgan fingerprint density at radius 3 is 2.44 bits per heavy atom. The summed E-state index contributed by atoms with van der Waals surface area (Å²) in [5.74, 6) is 0.370. The molecule has 0 aliphatic heterocycles. The van der Waals surface area contributed by atoms with E-state index < -0.39 is 0 Å². The molecule has 1 N–H and O–H groups in total. The number of amides is 1. The van der Waals surface area contributed by atoms with Crippen molar-refractivity contribution < 1.29 is 14.3 Å². The van der Waals surface area contributed by atoms with Crippen molar-refractivity contribution in [3.05, 3.63) is 0 Å². The molecule has 4 nitrogen and oxygen atoms in total. The quantitative estimate of drug-likeness (QED) is 0.692. The summed E-state index contributed by atoms with van der Waals surface area (Å²) in [5.41, 5.74) is 0. The smallest absolute Gasteiger partial charge is 0.315 e. The highest BCUT2D eigenvalue weighted by atomic mass is 32.2. The maximum Gasteiger partial charge on any atom is 0.315 e. The molecule has 0 aromatic carbocycles. The normalized spacial score (nSPS) is 12.3. The van der Waals surface area contributed by atoms with Gasteiger partial charge in [0.2, 0.25) is 5.91 Å². The number of thioether (sulfide) groups is 1. The van der Waals surface area contributed by atoms with Gasteiger partial charge in [0.1, 0.15) is 0 Å². The van der Waals surface area contributed by atoms with Crippen LogP contribution in [0.2, 0.25) is 0 Å². The Hall–Kier alpha value is -0.710. The molecule has 0 aliphatic rings. The van der Waals surface area contributed by atoms with Crippen molar-refractivity contribution in [2.45, 2.75) is 32.9 Å². The predicted molar refractivity (Wildman–Crippen MR) is 66.4 cm³/mol. The lowest BCUT2D eigenvalue weighted by molar-refractivity contribution is -0.139. The molecule has 0 saturated carbocycles. The van der Waals surface area contributed by atoms with Crippen LogP contribution in [0.3, 0.4) is 0 Å². The van der Waals surface area contributed by atoms with Crippen LogP contribution in [-0.4, -0.2) is 36.0 Å². The largest absolute Gasteiger partial charge is 0.465 e. The lowest BCUT2D eigenvalue weighted by atomic mass is 10.2. The lowest BCUT2D eigenvalue weighted by Gasteiger charge is -2.12. The first-order chi connectivity index (χ1) is 7.47. The summed E-state index contributed by atoms with van der Waals surface area (Å²) in [6, 6.07) is 0. The van der Waals surface area contributed by atoms with Gasteiger partial charge in [-0.15, -0.1) is 11.8 Å². The third kappa shape index (κ3) is 7.56. The number of hydrogen-bond donors (Lipinski definition) is 1. The van der Waals surface area contributed by atoms with E-state index in [0.717, 1.165) is 0 Å². The molecule has 0 saturated heterocycles. The second-order valence-corrected chi connectivity index (χ2v) is 5.23. The van der Waals surface area contributed by atoms with Gasteiger partial charge in [0, 0.05) is 6.54 Å². The van der Waals surface area contributed by atoms with Crippen LogP contribution in [0.15, 0.2) is 0 Å². The van der Waals surface area contributed by atoms with Crippen LogP contribution in [0.5, 0.6) is 0 Å². The maximum atomic E-state index is 11.5. The van der Waals surface area contributed by atoms with E-state index in [1.54, 1.807) is 13.8 Å². The number of hydrogen-bond acceptors (Lipinski definition) is 4. The molecule has 0 rings (SSSR count). The average Bonchev–Trinajstić information content (AvgIpc) is 2.22. The standard InChI is InChI=1S/C11H21NO3S/c1-5-15-10(13)7-16-9(4)11(14)12-6-8(2)3/h8-9H,5-7H2,1-4H3,(H,12,14). The van der Waals surface area contributed by atoms with Gasteiger partial charge in [-0.1, -0.05) is 13.8 Å². The van der Waals surface area contributed by atoms with Crippen LogP contribution in [-0.2, 0) is 14.3 Å². The van der Waals surface area contributed by atoms with Gasteiger partial charge in [-0.05, 0) is 19.8 Å². The van der Waals surface area contributed by atoms with E-state index in [4.69, 9.17) is 4.74 Å². The number of ether oxygens (including phenoxy) is 1. The average molecular weight is 247 g/mol. The molecule has 0 aromatic rings. The van der Waals surface area contributed by atoms with Gasteiger partial charge in [-0.2, -0.15) is 0 Å². The van der Waals surface area contributed by atoms with Gasteiger partial charge in [0.05, 0.1) is 17.6 Å². The number of nitrogens with one attached hydrogen (secondary N) is 1. The van der Waals surface area contributed by atoms with Crippen molar-refractivity contribution in [1.82, 2.24) is 5.32 Å². The fourth-order valence-corrected chi connectivity index (χ4v) is 1.62. The molecule has 1 atom stereocenters. The Kier molecular flexibility index (Phi) is 8.07. The summed E-state index contributed by atoms with van der Waals surface area (Å²) >= 11 is 1.30. The third-order valence-electron chi connectivity index (χ3n) is 1.81. The van der Waals surface area contributed by atoms with E-state index in [2.05, 4.69) is 5.32 Å². The zero-order valence-corrected chi connectivity index (χ0v) is 11.2. The summed E-state index contributed by atoms with van der Waals surface area (Å²) in [4.78, 5) is 22.6. The molecule has 1 amide bonds. The fraction of sp³-hybridized carbons (Fsp3) is 0.818. The molecular weight excluding hydrogens is 226 g/mol. The van der Waals surface area contributed by atoms with Gasteiger partial charge in [-0.3, -0.25) is 9.59 Å². The Balaban J connectivity index is 3.74. The number of carbonyl (C=O) groups excluding carboxylic acids is 2. The second-order valence-electron chi connectivity index (χ2n) is 3.90. The maximum absolute atomic E-state index is 11.5. The van der Waals surface area contributed by atoms with Crippen LogP contribution in [0, 0.1) is 5.92 Å². The summed E-state index contributed by atoms with van der Waals surface area (Å²) in [6.07, 6.45) is 0. The SMILES string of the molecule is CCOC(=O)CSC(C)C(=O)NCC(C)C. The summed E-state index contributed by atoms with van der Waals surface area (Å²) < 4.78 is 4.78. The Labute approximate surface area is 101 Å². The van der Waals surface area contributed by atoms with Crippen LogP contribution < -0.4 is 5.32 Å². The van der Waals surface area contributed by atoms with Crippen molar-refractivity contribution in [2.75, 3.05) is 18.9 Å². The monoisotopic (exact) mass is 247 g/mol. The van der Waals surface area contributed by atoms with E-state index in [0.29, 0.717) is 19.1 Å². The highest BCUT2D eigenvalue weighted by Crippen LogP contribution is 2.10. The molecule has 5 heteroatoms. The lowest BCUT2D eigenvalue weighted by Crippen LogP contribution is -2.34.